The molecule has 1 aromatic heterocycles. The normalized spacial score (nSPS) is 26.4. The molecule has 2 aliphatic carbocycles. The third kappa shape index (κ3) is 4.84. The molecule has 3 N–H and O–H groups in total. The summed E-state index contributed by atoms with van der Waals surface area (Å²) in [6, 6.07) is 4.46. The molecule has 6 nitrogen and oxygen atoms in total. The molecule has 3 heterocycles. The summed E-state index contributed by atoms with van der Waals surface area (Å²) < 4.78 is 58.4. The first-order valence-corrected chi connectivity index (χ1v) is 10.2. The lowest BCUT2D eigenvalue weighted by atomic mass is 9.87. The number of nitrogens with one attached hydrogen (secondary N) is 1. The zero-order chi connectivity index (χ0) is 22.3. The lowest BCUT2D eigenvalue weighted by Crippen LogP contribution is -2.37. The number of hydrogen-bond acceptors (Lipinski definition) is 4. The Morgan fingerprint density at radius 1 is 1.19 bits per heavy atom. The van der Waals surface area contributed by atoms with Crippen LogP contribution in [0.3, 0.4) is 0 Å². The van der Waals surface area contributed by atoms with Crippen LogP contribution in [0.1, 0.15) is 53.5 Å². The Balaban J connectivity index is 0.000000325. The fourth-order valence-corrected chi connectivity index (χ4v) is 4.20. The van der Waals surface area contributed by atoms with Crippen LogP contribution >= 0.6 is 0 Å². The zero-order valence-corrected chi connectivity index (χ0v) is 17.0. The molecule has 0 unspecified atom stereocenters. The molecular formula is C21H24F4N4O2. The fourth-order valence-electron chi connectivity index (χ4n) is 4.20. The predicted octanol–water partition coefficient (Wildman–Crippen LogP) is 3.60. The first-order chi connectivity index (χ1) is 14.6. The number of benzene rings is 1. The number of fused-ring (bicyclic) bond motifs is 1. The van der Waals surface area contributed by atoms with Crippen molar-refractivity contribution < 1.29 is 27.1 Å². The third-order valence-electron chi connectivity index (χ3n) is 5.96. The Morgan fingerprint density at radius 2 is 1.90 bits per heavy atom. The quantitative estimate of drug-likeness (QED) is 0.712. The molecule has 0 atom stereocenters. The van der Waals surface area contributed by atoms with Crippen molar-refractivity contribution in [1.29, 1.82) is 0 Å². The number of alkyl halides is 3. The van der Waals surface area contributed by atoms with Crippen LogP contribution in [0.15, 0.2) is 24.3 Å². The molecule has 2 aliphatic heterocycles. The van der Waals surface area contributed by atoms with Gasteiger partial charge in [-0.15, -0.1) is 0 Å². The number of rotatable bonds is 4. The van der Waals surface area contributed by atoms with Gasteiger partial charge >= 0.3 is 6.18 Å². The number of hydrogen-bond donors (Lipinski definition) is 2. The van der Waals surface area contributed by atoms with Gasteiger partial charge in [0, 0.05) is 24.9 Å². The lowest BCUT2D eigenvalue weighted by Gasteiger charge is -2.36. The van der Waals surface area contributed by atoms with E-state index >= 15 is 0 Å². The van der Waals surface area contributed by atoms with Gasteiger partial charge in [0.1, 0.15) is 23.4 Å². The first-order valence-electron chi connectivity index (χ1n) is 10.2. The SMILES string of the molecule is C1NC2CC1C2.Cc1cc(C(N)=O)n(C2CC(Oc3cc(F)cc(C(F)(F)F)c3)C2)n1. The van der Waals surface area contributed by atoms with Crippen molar-refractivity contribution >= 4 is 5.91 Å². The number of nitrogens with zero attached hydrogens (tertiary/aromatic N) is 2. The minimum Gasteiger partial charge on any atom is -0.490 e. The van der Waals surface area contributed by atoms with Crippen LogP contribution in [0.5, 0.6) is 5.75 Å². The monoisotopic (exact) mass is 440 g/mol. The summed E-state index contributed by atoms with van der Waals surface area (Å²) >= 11 is 0. The third-order valence-corrected chi connectivity index (χ3v) is 5.96. The summed E-state index contributed by atoms with van der Waals surface area (Å²) in [4.78, 5) is 11.4. The van der Waals surface area contributed by atoms with E-state index in [1.165, 1.54) is 24.1 Å². The van der Waals surface area contributed by atoms with Crippen LogP contribution in [0.4, 0.5) is 17.6 Å². The number of nitrogens with two attached hydrogens (primary N) is 1. The number of carbonyl (C=O) groups excluding carboxylic acids is 1. The second-order valence-electron chi connectivity index (χ2n) is 8.46. The van der Waals surface area contributed by atoms with Crippen molar-refractivity contribution in [2.24, 2.45) is 11.7 Å². The molecule has 6 rings (SSSR count). The number of amides is 1. The second-order valence-corrected chi connectivity index (χ2v) is 8.46. The van der Waals surface area contributed by atoms with E-state index in [-0.39, 0.29) is 17.5 Å². The number of ether oxygens (including phenoxy) is 1. The molecule has 4 aliphatic rings. The topological polar surface area (TPSA) is 82.2 Å². The van der Waals surface area contributed by atoms with E-state index in [4.69, 9.17) is 10.5 Å². The van der Waals surface area contributed by atoms with Crippen molar-refractivity contribution in [2.75, 3.05) is 6.54 Å². The highest BCUT2D eigenvalue weighted by Gasteiger charge is 2.36. The van der Waals surface area contributed by atoms with E-state index in [1.54, 1.807) is 13.0 Å². The van der Waals surface area contributed by atoms with Crippen LogP contribution in [-0.2, 0) is 6.18 Å². The molecular weight excluding hydrogens is 416 g/mol. The summed E-state index contributed by atoms with van der Waals surface area (Å²) in [6.45, 7) is 3.03. The molecule has 1 amide bonds. The van der Waals surface area contributed by atoms with Gasteiger partial charge in [-0.3, -0.25) is 9.48 Å². The summed E-state index contributed by atoms with van der Waals surface area (Å²) in [6.07, 6.45) is -1.23. The predicted molar refractivity (Wildman–Crippen MR) is 104 cm³/mol. The molecule has 0 radical (unpaired) electrons. The minimum atomic E-state index is -4.65. The van der Waals surface area contributed by atoms with Crippen LogP contribution < -0.4 is 15.8 Å². The Morgan fingerprint density at radius 3 is 2.42 bits per heavy atom. The molecule has 2 saturated heterocycles. The van der Waals surface area contributed by atoms with Gasteiger partial charge in [0.05, 0.1) is 17.3 Å². The highest BCUT2D eigenvalue weighted by molar-refractivity contribution is 5.91. The molecule has 168 valence electrons. The van der Waals surface area contributed by atoms with Gasteiger partial charge in [-0.1, -0.05) is 0 Å². The summed E-state index contributed by atoms with van der Waals surface area (Å²) in [7, 11) is 0. The highest BCUT2D eigenvalue weighted by atomic mass is 19.4. The molecule has 1 aromatic carbocycles. The molecule has 31 heavy (non-hydrogen) atoms. The first kappa shape index (κ1) is 21.6. The minimum absolute atomic E-state index is 0.142. The maximum absolute atomic E-state index is 13.4. The molecule has 2 aromatic rings. The average Bonchev–Trinajstić information content (AvgIpc) is 3.33. The highest BCUT2D eigenvalue weighted by Crippen LogP contribution is 2.38. The van der Waals surface area contributed by atoms with Crippen molar-refractivity contribution in [3.8, 4) is 5.75 Å². The standard InChI is InChI=1S/C16H15F4N3O2.C5H9N/c1-8-2-14(15(21)24)23(22-8)11-6-13(7-11)25-12-4-9(16(18,19)20)3-10(17)5-12;1-4-2-5(1)6-3-4/h2-5,11,13H,6-7H2,1H3,(H2,21,24);4-6H,1-3H2. The number of primary amides is 1. The van der Waals surface area contributed by atoms with Crippen molar-refractivity contribution in [3.05, 3.63) is 47.0 Å². The molecule has 2 bridgehead atoms. The van der Waals surface area contributed by atoms with Crippen LogP contribution in [-0.4, -0.2) is 34.4 Å². The van der Waals surface area contributed by atoms with Gasteiger partial charge in [-0.2, -0.15) is 18.3 Å². The Hall–Kier alpha value is -2.62. The van der Waals surface area contributed by atoms with E-state index in [2.05, 4.69) is 10.4 Å². The largest absolute Gasteiger partial charge is 0.490 e. The van der Waals surface area contributed by atoms with Crippen molar-refractivity contribution in [1.82, 2.24) is 15.1 Å². The maximum atomic E-state index is 13.4. The van der Waals surface area contributed by atoms with E-state index in [9.17, 15) is 22.4 Å². The molecule has 2 saturated carbocycles. The maximum Gasteiger partial charge on any atom is 0.416 e. The van der Waals surface area contributed by atoms with E-state index < -0.39 is 29.6 Å². The smallest absolute Gasteiger partial charge is 0.416 e. The Bertz CT molecular complexity index is 949. The van der Waals surface area contributed by atoms with Gasteiger partial charge in [0.25, 0.3) is 5.91 Å². The van der Waals surface area contributed by atoms with Crippen LogP contribution in [0.2, 0.25) is 0 Å². The Labute approximate surface area is 176 Å². The number of aryl methyl sites for hydroxylation is 1. The fraction of sp³-hybridized carbons (Fsp3) is 0.524. The van der Waals surface area contributed by atoms with Gasteiger partial charge in [-0.05, 0) is 50.4 Å². The van der Waals surface area contributed by atoms with Crippen LogP contribution in [0, 0.1) is 18.7 Å². The lowest BCUT2D eigenvalue weighted by molar-refractivity contribution is -0.138. The second kappa shape index (κ2) is 8.14. The molecule has 4 fully saturated rings. The van der Waals surface area contributed by atoms with Gasteiger partial charge in [0.15, 0.2) is 0 Å². The number of halogens is 4. The summed E-state index contributed by atoms with van der Waals surface area (Å²) in [5.74, 6) is -0.720. The summed E-state index contributed by atoms with van der Waals surface area (Å²) in [5, 5.41) is 7.60. The van der Waals surface area contributed by atoms with E-state index in [0.29, 0.717) is 24.6 Å². The Kier molecular flexibility index (Phi) is 5.67. The zero-order valence-electron chi connectivity index (χ0n) is 17.0. The molecule has 10 heteroatoms. The number of carbonyl (C=O) groups is 1. The summed E-state index contributed by atoms with van der Waals surface area (Å²) in [5.41, 5.74) is 5.10. The van der Waals surface area contributed by atoms with Gasteiger partial charge < -0.3 is 15.8 Å². The van der Waals surface area contributed by atoms with E-state index in [0.717, 1.165) is 24.1 Å². The average molecular weight is 440 g/mol. The van der Waals surface area contributed by atoms with E-state index in [1.807, 2.05) is 0 Å². The van der Waals surface area contributed by atoms with Gasteiger partial charge in [-0.25, -0.2) is 4.39 Å². The van der Waals surface area contributed by atoms with Gasteiger partial charge in [0.2, 0.25) is 0 Å². The van der Waals surface area contributed by atoms with Crippen LogP contribution in [0.25, 0.3) is 0 Å². The van der Waals surface area contributed by atoms with Crippen molar-refractivity contribution in [3.63, 3.8) is 0 Å². The number of aromatic nitrogens is 2. The molecule has 0 spiro atoms. The van der Waals surface area contributed by atoms with Crippen molar-refractivity contribution in [2.45, 2.75) is 57.0 Å².